The molecule has 0 spiro atoms. The largest absolute Gasteiger partial charge is 0.366 e. The molecule has 1 fully saturated rings. The van der Waals surface area contributed by atoms with E-state index in [4.69, 9.17) is 5.73 Å². The van der Waals surface area contributed by atoms with Crippen molar-refractivity contribution in [2.75, 3.05) is 24.5 Å². The molecule has 0 aromatic heterocycles. The van der Waals surface area contributed by atoms with E-state index < -0.39 is 10.8 Å². The van der Waals surface area contributed by atoms with Gasteiger partial charge in [-0.25, -0.2) is 0 Å². The van der Waals surface area contributed by atoms with Gasteiger partial charge in [-0.05, 0) is 19.1 Å². The summed E-state index contributed by atoms with van der Waals surface area (Å²) in [4.78, 5) is 23.8. The topological polar surface area (TPSA) is 102 Å². The lowest BCUT2D eigenvalue weighted by molar-refractivity contribution is -0.384. The van der Waals surface area contributed by atoms with E-state index in [0.29, 0.717) is 12.2 Å². The zero-order valence-corrected chi connectivity index (χ0v) is 10.6. The van der Waals surface area contributed by atoms with Crippen LogP contribution in [0.1, 0.15) is 17.3 Å². The van der Waals surface area contributed by atoms with Gasteiger partial charge in [-0.15, -0.1) is 0 Å². The van der Waals surface area contributed by atoms with Crippen LogP contribution in [0.2, 0.25) is 0 Å². The smallest absolute Gasteiger partial charge is 0.293 e. The van der Waals surface area contributed by atoms with Crippen molar-refractivity contribution in [3.8, 4) is 0 Å². The third-order valence-corrected chi connectivity index (χ3v) is 3.27. The summed E-state index contributed by atoms with van der Waals surface area (Å²) in [6.45, 7) is 4.24. The first kappa shape index (κ1) is 13.3. The molecule has 0 saturated carbocycles. The molecule has 1 saturated heterocycles. The number of anilines is 1. The Balaban J connectivity index is 2.44. The van der Waals surface area contributed by atoms with Crippen LogP contribution in [-0.2, 0) is 0 Å². The minimum atomic E-state index is -0.664. The number of nitro groups is 1. The van der Waals surface area contributed by atoms with Crippen molar-refractivity contribution < 1.29 is 9.72 Å². The van der Waals surface area contributed by atoms with Crippen molar-refractivity contribution in [2.45, 2.75) is 13.0 Å². The van der Waals surface area contributed by atoms with Gasteiger partial charge < -0.3 is 16.0 Å². The maximum absolute atomic E-state index is 11.2. The molecule has 19 heavy (non-hydrogen) atoms. The summed E-state index contributed by atoms with van der Waals surface area (Å²) < 4.78 is 0. The van der Waals surface area contributed by atoms with Crippen molar-refractivity contribution in [3.63, 3.8) is 0 Å². The van der Waals surface area contributed by atoms with Crippen LogP contribution in [0.15, 0.2) is 18.2 Å². The predicted molar refractivity (Wildman–Crippen MR) is 71.3 cm³/mol. The van der Waals surface area contributed by atoms with Gasteiger partial charge in [0.1, 0.15) is 5.69 Å². The first-order valence-corrected chi connectivity index (χ1v) is 6.06. The summed E-state index contributed by atoms with van der Waals surface area (Å²) in [5.41, 5.74) is 5.76. The second kappa shape index (κ2) is 5.23. The molecular formula is C12H16N4O3. The fraction of sp³-hybridized carbons (Fsp3) is 0.417. The quantitative estimate of drug-likeness (QED) is 0.611. The lowest BCUT2D eigenvalue weighted by atomic mass is 10.1. The molecule has 1 aromatic rings. The van der Waals surface area contributed by atoms with Gasteiger partial charge in [-0.2, -0.15) is 0 Å². The van der Waals surface area contributed by atoms with Gasteiger partial charge in [-0.1, -0.05) is 0 Å². The zero-order chi connectivity index (χ0) is 14.0. The van der Waals surface area contributed by atoms with E-state index in [0.717, 1.165) is 13.1 Å². The monoisotopic (exact) mass is 264 g/mol. The van der Waals surface area contributed by atoms with E-state index in [-0.39, 0.29) is 17.3 Å². The Labute approximate surface area is 110 Å². The highest BCUT2D eigenvalue weighted by Crippen LogP contribution is 2.30. The van der Waals surface area contributed by atoms with E-state index in [1.807, 2.05) is 11.8 Å². The van der Waals surface area contributed by atoms with Crippen molar-refractivity contribution >= 4 is 17.3 Å². The maximum Gasteiger partial charge on any atom is 0.293 e. The second-order valence-electron chi connectivity index (χ2n) is 4.57. The molecule has 1 amide bonds. The third kappa shape index (κ3) is 2.65. The summed E-state index contributed by atoms with van der Waals surface area (Å²) in [5, 5.41) is 14.4. The fourth-order valence-electron chi connectivity index (χ4n) is 2.26. The number of benzene rings is 1. The van der Waals surface area contributed by atoms with Gasteiger partial charge in [0, 0.05) is 37.3 Å². The highest BCUT2D eigenvalue weighted by Gasteiger charge is 2.26. The Kier molecular flexibility index (Phi) is 3.66. The van der Waals surface area contributed by atoms with Crippen LogP contribution < -0.4 is 16.0 Å². The van der Waals surface area contributed by atoms with Gasteiger partial charge in [0.05, 0.1) is 4.92 Å². The number of piperazine rings is 1. The van der Waals surface area contributed by atoms with Crippen molar-refractivity contribution in [1.82, 2.24) is 5.32 Å². The number of carbonyl (C=O) groups is 1. The van der Waals surface area contributed by atoms with Crippen LogP contribution in [0.5, 0.6) is 0 Å². The summed E-state index contributed by atoms with van der Waals surface area (Å²) in [6, 6.07) is 4.53. The Bertz CT molecular complexity index is 518. The number of carbonyl (C=O) groups excluding carboxylic acids is 1. The molecule has 1 aromatic carbocycles. The molecule has 7 heteroatoms. The number of nitrogens with zero attached hydrogens (tertiary/aromatic N) is 2. The molecule has 102 valence electrons. The average Bonchev–Trinajstić information content (AvgIpc) is 2.38. The Morgan fingerprint density at radius 1 is 1.58 bits per heavy atom. The standard InChI is InChI=1S/C12H16N4O3/c1-8-7-14-4-5-15(8)10-3-2-9(12(13)17)6-11(10)16(18)19/h2-3,6,8,14H,4-5,7H2,1H3,(H2,13,17). The molecule has 0 bridgehead atoms. The van der Waals surface area contributed by atoms with Gasteiger partial charge in [0.25, 0.3) is 5.69 Å². The number of amides is 1. The van der Waals surface area contributed by atoms with E-state index in [1.54, 1.807) is 6.07 Å². The second-order valence-corrected chi connectivity index (χ2v) is 4.57. The van der Waals surface area contributed by atoms with E-state index in [1.165, 1.54) is 12.1 Å². The predicted octanol–water partition coefficient (Wildman–Crippen LogP) is 0.492. The van der Waals surface area contributed by atoms with Crippen molar-refractivity contribution in [2.24, 2.45) is 5.73 Å². The molecule has 0 radical (unpaired) electrons. The first-order chi connectivity index (χ1) is 9.00. The van der Waals surface area contributed by atoms with Crippen molar-refractivity contribution in [3.05, 3.63) is 33.9 Å². The molecule has 0 aliphatic carbocycles. The highest BCUT2D eigenvalue weighted by atomic mass is 16.6. The number of rotatable bonds is 3. The number of hydrogen-bond donors (Lipinski definition) is 2. The Morgan fingerprint density at radius 2 is 2.32 bits per heavy atom. The third-order valence-electron chi connectivity index (χ3n) is 3.27. The van der Waals surface area contributed by atoms with Gasteiger partial charge in [-0.3, -0.25) is 14.9 Å². The molecule has 7 nitrogen and oxygen atoms in total. The maximum atomic E-state index is 11.2. The van der Waals surface area contributed by atoms with Crippen LogP contribution in [0, 0.1) is 10.1 Å². The fourth-order valence-corrected chi connectivity index (χ4v) is 2.26. The van der Waals surface area contributed by atoms with Crippen LogP contribution in [0.4, 0.5) is 11.4 Å². The SMILES string of the molecule is CC1CNCCN1c1ccc(C(N)=O)cc1[N+](=O)[O-]. The summed E-state index contributed by atoms with van der Waals surface area (Å²) in [7, 11) is 0. The molecule has 2 rings (SSSR count). The van der Waals surface area contributed by atoms with E-state index in [2.05, 4.69) is 5.32 Å². The molecule has 1 heterocycles. The summed E-state index contributed by atoms with van der Waals surface area (Å²) >= 11 is 0. The normalized spacial score (nSPS) is 19.2. The molecular weight excluding hydrogens is 248 g/mol. The number of nitrogens with two attached hydrogens (primary N) is 1. The lowest BCUT2D eigenvalue weighted by Gasteiger charge is -2.35. The molecule has 1 unspecified atom stereocenters. The Hall–Kier alpha value is -2.15. The van der Waals surface area contributed by atoms with Crippen LogP contribution in [0.25, 0.3) is 0 Å². The number of nitro benzene ring substituents is 1. The van der Waals surface area contributed by atoms with Crippen LogP contribution in [0.3, 0.4) is 0 Å². The van der Waals surface area contributed by atoms with Crippen LogP contribution in [-0.4, -0.2) is 36.5 Å². The number of nitrogens with one attached hydrogen (secondary N) is 1. The number of hydrogen-bond acceptors (Lipinski definition) is 5. The van der Waals surface area contributed by atoms with Gasteiger partial charge >= 0.3 is 0 Å². The molecule has 1 aliphatic rings. The van der Waals surface area contributed by atoms with Gasteiger partial charge in [0.15, 0.2) is 0 Å². The lowest BCUT2D eigenvalue weighted by Crippen LogP contribution is -2.50. The Morgan fingerprint density at radius 3 is 2.89 bits per heavy atom. The highest BCUT2D eigenvalue weighted by molar-refractivity contribution is 5.94. The zero-order valence-electron chi connectivity index (χ0n) is 10.6. The minimum absolute atomic E-state index is 0.0787. The average molecular weight is 264 g/mol. The van der Waals surface area contributed by atoms with E-state index in [9.17, 15) is 14.9 Å². The summed E-state index contributed by atoms with van der Waals surface area (Å²) in [5.74, 6) is -0.664. The minimum Gasteiger partial charge on any atom is -0.366 e. The van der Waals surface area contributed by atoms with Gasteiger partial charge in [0.2, 0.25) is 5.91 Å². The first-order valence-electron chi connectivity index (χ1n) is 6.06. The summed E-state index contributed by atoms with van der Waals surface area (Å²) in [6.07, 6.45) is 0. The van der Waals surface area contributed by atoms with E-state index >= 15 is 0 Å². The molecule has 3 N–H and O–H groups in total. The molecule has 1 aliphatic heterocycles. The molecule has 1 atom stereocenters. The number of primary amides is 1. The van der Waals surface area contributed by atoms with Crippen molar-refractivity contribution in [1.29, 1.82) is 0 Å². The van der Waals surface area contributed by atoms with Crippen LogP contribution >= 0.6 is 0 Å².